The van der Waals surface area contributed by atoms with Gasteiger partial charge < -0.3 is 15.8 Å². The number of nitrogens with two attached hydrogens (primary N) is 1. The maximum absolute atomic E-state index is 12.6. The monoisotopic (exact) mass is 395 g/mol. The highest BCUT2D eigenvalue weighted by Gasteiger charge is 2.29. The number of carbonyl (C=O) groups is 3. The van der Waals surface area contributed by atoms with Crippen LogP contribution in [0, 0.1) is 6.92 Å². The highest BCUT2D eigenvalue weighted by Crippen LogP contribution is 2.34. The zero-order chi connectivity index (χ0) is 20.3. The third-order valence-electron chi connectivity index (χ3n) is 4.87. The number of ether oxygens (including phenoxy) is 1. The molecule has 1 saturated heterocycles. The molecule has 27 heavy (non-hydrogen) atoms. The first kappa shape index (κ1) is 21.4. The molecular weight excluding hydrogens is 366 g/mol. The van der Waals surface area contributed by atoms with Crippen molar-refractivity contribution in [3.05, 3.63) is 16.0 Å². The van der Waals surface area contributed by atoms with E-state index >= 15 is 0 Å². The highest BCUT2D eigenvalue weighted by atomic mass is 32.1. The van der Waals surface area contributed by atoms with E-state index in [1.165, 1.54) is 0 Å². The molecule has 0 spiro atoms. The van der Waals surface area contributed by atoms with Crippen LogP contribution in [0.5, 0.6) is 0 Å². The van der Waals surface area contributed by atoms with E-state index in [0.29, 0.717) is 22.6 Å². The molecule has 150 valence electrons. The molecule has 0 aliphatic carbocycles. The number of hydrogen-bond acceptors (Lipinski definition) is 6. The Morgan fingerprint density at radius 2 is 1.85 bits per heavy atom. The SMILES string of the molecule is Cc1c(C(N)=O)sc(NC(=O)CN2[C@H](C)CCC[C@H]2C)c1C(=O)OC(C)C. The number of amides is 2. The van der Waals surface area contributed by atoms with Crippen LogP contribution in [0.15, 0.2) is 0 Å². The number of nitrogens with zero attached hydrogens (tertiary/aromatic N) is 1. The predicted molar refractivity (Wildman–Crippen MR) is 106 cm³/mol. The van der Waals surface area contributed by atoms with E-state index in [4.69, 9.17) is 10.5 Å². The lowest BCUT2D eigenvalue weighted by Gasteiger charge is -2.38. The van der Waals surface area contributed by atoms with E-state index in [9.17, 15) is 14.4 Å². The van der Waals surface area contributed by atoms with Crippen LogP contribution in [0.2, 0.25) is 0 Å². The van der Waals surface area contributed by atoms with Gasteiger partial charge in [-0.1, -0.05) is 6.42 Å². The van der Waals surface area contributed by atoms with Gasteiger partial charge in [-0.2, -0.15) is 0 Å². The average Bonchev–Trinajstić information content (AvgIpc) is 2.87. The van der Waals surface area contributed by atoms with Gasteiger partial charge in [0, 0.05) is 12.1 Å². The molecular formula is C19H29N3O4S. The number of nitrogens with one attached hydrogen (secondary N) is 1. The average molecular weight is 396 g/mol. The Labute approximate surface area is 164 Å². The maximum atomic E-state index is 12.6. The van der Waals surface area contributed by atoms with Gasteiger partial charge in [0.05, 0.1) is 23.1 Å². The van der Waals surface area contributed by atoms with E-state index in [2.05, 4.69) is 24.1 Å². The van der Waals surface area contributed by atoms with Crippen LogP contribution in [-0.2, 0) is 9.53 Å². The molecule has 1 aliphatic heterocycles. The van der Waals surface area contributed by atoms with Crippen LogP contribution in [0.4, 0.5) is 5.00 Å². The number of esters is 1. The van der Waals surface area contributed by atoms with Crippen molar-refractivity contribution in [2.75, 3.05) is 11.9 Å². The van der Waals surface area contributed by atoms with Crippen LogP contribution in [0.25, 0.3) is 0 Å². The number of rotatable bonds is 6. The Balaban J connectivity index is 2.23. The second kappa shape index (κ2) is 8.84. The van der Waals surface area contributed by atoms with Crippen molar-refractivity contribution >= 4 is 34.1 Å². The van der Waals surface area contributed by atoms with Crippen molar-refractivity contribution in [3.63, 3.8) is 0 Å². The minimum atomic E-state index is -0.630. The van der Waals surface area contributed by atoms with Crippen LogP contribution >= 0.6 is 11.3 Å². The van der Waals surface area contributed by atoms with Crippen LogP contribution in [-0.4, -0.2) is 47.4 Å². The first-order valence-corrected chi connectivity index (χ1v) is 10.1. The molecule has 2 heterocycles. The summed E-state index contributed by atoms with van der Waals surface area (Å²) >= 11 is 1.02. The zero-order valence-corrected chi connectivity index (χ0v) is 17.4. The van der Waals surface area contributed by atoms with Gasteiger partial charge in [0.25, 0.3) is 5.91 Å². The lowest BCUT2D eigenvalue weighted by atomic mass is 9.97. The summed E-state index contributed by atoms with van der Waals surface area (Å²) in [6, 6.07) is 0.659. The first-order valence-electron chi connectivity index (χ1n) is 9.31. The second-order valence-corrected chi connectivity index (χ2v) is 8.45. The molecule has 1 aliphatic rings. The summed E-state index contributed by atoms with van der Waals surface area (Å²) in [4.78, 5) is 39.2. The van der Waals surface area contributed by atoms with Crippen LogP contribution < -0.4 is 11.1 Å². The van der Waals surface area contributed by atoms with Crippen molar-refractivity contribution in [1.82, 2.24) is 4.90 Å². The largest absolute Gasteiger partial charge is 0.459 e. The van der Waals surface area contributed by atoms with Crippen molar-refractivity contribution in [3.8, 4) is 0 Å². The highest BCUT2D eigenvalue weighted by molar-refractivity contribution is 7.18. The first-order chi connectivity index (χ1) is 12.6. The fourth-order valence-electron chi connectivity index (χ4n) is 3.47. The van der Waals surface area contributed by atoms with Gasteiger partial charge >= 0.3 is 5.97 Å². The molecule has 8 heteroatoms. The molecule has 2 atom stereocenters. The standard InChI is InChI=1S/C19H29N3O4S/c1-10(2)26-19(25)15-13(5)16(17(20)24)27-18(15)21-14(23)9-22-11(3)7-6-8-12(22)4/h10-12H,6-9H2,1-5H3,(H2,20,24)(H,21,23)/t11-,12-/m1/s1. The topological polar surface area (TPSA) is 102 Å². The number of piperidine rings is 1. The summed E-state index contributed by atoms with van der Waals surface area (Å²) in [6.07, 6.45) is 2.98. The lowest BCUT2D eigenvalue weighted by molar-refractivity contribution is -0.118. The van der Waals surface area contributed by atoms with Crippen molar-refractivity contribution < 1.29 is 19.1 Å². The van der Waals surface area contributed by atoms with Gasteiger partial charge in [-0.3, -0.25) is 14.5 Å². The molecule has 2 rings (SSSR count). The molecule has 0 bridgehead atoms. The normalized spacial score (nSPS) is 20.5. The van der Waals surface area contributed by atoms with E-state index in [1.807, 2.05) is 0 Å². The summed E-state index contributed by atoms with van der Waals surface area (Å²) in [5, 5.41) is 3.11. The third-order valence-corrected chi connectivity index (χ3v) is 6.09. The number of carbonyl (C=O) groups excluding carboxylic acids is 3. The summed E-state index contributed by atoms with van der Waals surface area (Å²) < 4.78 is 5.27. The van der Waals surface area contributed by atoms with Crippen LogP contribution in [0.1, 0.15) is 72.6 Å². The Bertz CT molecular complexity index is 719. The molecule has 0 aromatic carbocycles. The van der Waals surface area contributed by atoms with Gasteiger partial charge in [0.15, 0.2) is 0 Å². The van der Waals surface area contributed by atoms with E-state index in [-0.39, 0.29) is 29.0 Å². The van der Waals surface area contributed by atoms with Gasteiger partial charge in [-0.15, -0.1) is 11.3 Å². The number of primary amides is 1. The Morgan fingerprint density at radius 1 is 1.26 bits per heavy atom. The molecule has 2 amide bonds. The van der Waals surface area contributed by atoms with Crippen molar-refractivity contribution in [2.24, 2.45) is 5.73 Å². The molecule has 0 unspecified atom stereocenters. The summed E-state index contributed by atoms with van der Waals surface area (Å²) in [5.41, 5.74) is 6.06. The Kier molecular flexibility index (Phi) is 7.00. The third kappa shape index (κ3) is 5.07. The van der Waals surface area contributed by atoms with Crippen molar-refractivity contribution in [2.45, 2.75) is 72.1 Å². The fourth-order valence-corrected chi connectivity index (χ4v) is 4.54. The molecule has 1 fully saturated rings. The van der Waals surface area contributed by atoms with E-state index in [1.54, 1.807) is 20.8 Å². The molecule has 1 aromatic heterocycles. The number of anilines is 1. The minimum Gasteiger partial charge on any atom is -0.459 e. The lowest BCUT2D eigenvalue weighted by Crippen LogP contribution is -2.47. The molecule has 1 aromatic rings. The Hall–Kier alpha value is -1.93. The predicted octanol–water partition coefficient (Wildman–Crippen LogP) is 2.92. The van der Waals surface area contributed by atoms with Gasteiger partial charge in [0.1, 0.15) is 5.00 Å². The van der Waals surface area contributed by atoms with Gasteiger partial charge in [-0.25, -0.2) is 4.79 Å². The number of likely N-dealkylation sites (tertiary alicyclic amines) is 1. The Morgan fingerprint density at radius 3 is 2.37 bits per heavy atom. The molecule has 7 nitrogen and oxygen atoms in total. The summed E-state index contributed by atoms with van der Waals surface area (Å²) in [5.74, 6) is -1.41. The van der Waals surface area contributed by atoms with E-state index in [0.717, 1.165) is 30.6 Å². The molecule has 0 radical (unpaired) electrons. The molecule has 3 N–H and O–H groups in total. The second-order valence-electron chi connectivity index (χ2n) is 7.43. The van der Waals surface area contributed by atoms with Crippen molar-refractivity contribution in [1.29, 1.82) is 0 Å². The minimum absolute atomic E-state index is 0.204. The zero-order valence-electron chi connectivity index (χ0n) is 16.6. The van der Waals surface area contributed by atoms with Crippen LogP contribution in [0.3, 0.4) is 0 Å². The van der Waals surface area contributed by atoms with Gasteiger partial charge in [-0.05, 0) is 53.0 Å². The maximum Gasteiger partial charge on any atom is 0.341 e. The van der Waals surface area contributed by atoms with Gasteiger partial charge in [0.2, 0.25) is 5.91 Å². The summed E-state index contributed by atoms with van der Waals surface area (Å²) in [6.45, 7) is 9.60. The number of hydrogen-bond donors (Lipinski definition) is 2. The smallest absolute Gasteiger partial charge is 0.341 e. The molecule has 0 saturated carbocycles. The number of thiophene rings is 1. The summed E-state index contributed by atoms with van der Waals surface area (Å²) in [7, 11) is 0. The quantitative estimate of drug-likeness (QED) is 0.721. The van der Waals surface area contributed by atoms with E-state index < -0.39 is 11.9 Å². The fraction of sp³-hybridized carbons (Fsp3) is 0.632.